The third kappa shape index (κ3) is 2.80. The van der Waals surface area contributed by atoms with E-state index in [0.717, 1.165) is 25.7 Å². The van der Waals surface area contributed by atoms with Crippen LogP contribution < -0.4 is 0 Å². The lowest BCUT2D eigenvalue weighted by atomic mass is 10.1. The van der Waals surface area contributed by atoms with Gasteiger partial charge in [0, 0.05) is 19.1 Å². The molecule has 0 aromatic heterocycles. The minimum atomic E-state index is 0.617. The molecular weight excluding hydrogens is 138 g/mol. The van der Waals surface area contributed by atoms with Crippen LogP contribution in [0, 0.1) is 5.92 Å². The van der Waals surface area contributed by atoms with Gasteiger partial charge < -0.3 is 4.74 Å². The molecule has 0 amide bonds. The fourth-order valence-corrected chi connectivity index (χ4v) is 1.50. The fourth-order valence-electron chi connectivity index (χ4n) is 1.50. The lowest BCUT2D eigenvalue weighted by Gasteiger charge is -2.34. The van der Waals surface area contributed by atoms with Crippen molar-refractivity contribution in [2.75, 3.05) is 26.3 Å². The number of hydrogen-bond acceptors (Lipinski definition) is 2. The number of ether oxygens (including phenoxy) is 1. The molecule has 0 N–H and O–H groups in total. The Labute approximate surface area is 69.5 Å². The van der Waals surface area contributed by atoms with E-state index in [-0.39, 0.29) is 0 Å². The van der Waals surface area contributed by atoms with E-state index in [0.29, 0.717) is 6.04 Å². The van der Waals surface area contributed by atoms with Gasteiger partial charge in [-0.05, 0) is 12.8 Å². The molecule has 2 nitrogen and oxygen atoms in total. The maximum absolute atomic E-state index is 5.35. The first-order valence-electron chi connectivity index (χ1n) is 4.52. The predicted octanol–water partition coefficient (Wildman–Crippen LogP) is 1.36. The zero-order valence-electron chi connectivity index (χ0n) is 7.84. The third-order valence-electron chi connectivity index (χ3n) is 2.10. The molecule has 1 aliphatic heterocycles. The average molecular weight is 157 g/mol. The van der Waals surface area contributed by atoms with Crippen molar-refractivity contribution in [2.45, 2.75) is 26.8 Å². The molecule has 1 fully saturated rings. The van der Waals surface area contributed by atoms with Gasteiger partial charge >= 0.3 is 0 Å². The molecule has 0 aliphatic carbocycles. The zero-order chi connectivity index (χ0) is 8.27. The second kappa shape index (κ2) is 4.07. The first-order valence-corrected chi connectivity index (χ1v) is 4.52. The largest absolute Gasteiger partial charge is 0.379 e. The molecule has 1 atom stereocenters. The maximum Gasteiger partial charge on any atom is 0.0619 e. The van der Waals surface area contributed by atoms with E-state index in [4.69, 9.17) is 4.74 Å². The highest BCUT2D eigenvalue weighted by molar-refractivity contribution is 4.71. The molecule has 1 rings (SSSR count). The Balaban J connectivity index is 2.29. The monoisotopic (exact) mass is 157 g/mol. The van der Waals surface area contributed by atoms with Gasteiger partial charge in [0.25, 0.3) is 0 Å². The number of hydrogen-bond donors (Lipinski definition) is 0. The van der Waals surface area contributed by atoms with E-state index in [1.165, 1.54) is 6.54 Å². The summed E-state index contributed by atoms with van der Waals surface area (Å²) >= 11 is 0. The molecule has 1 heterocycles. The minimum absolute atomic E-state index is 0.617. The maximum atomic E-state index is 5.35. The van der Waals surface area contributed by atoms with Gasteiger partial charge in [-0.1, -0.05) is 13.8 Å². The highest BCUT2D eigenvalue weighted by Gasteiger charge is 2.18. The van der Waals surface area contributed by atoms with Crippen LogP contribution in [0.4, 0.5) is 0 Å². The first-order chi connectivity index (χ1) is 5.20. The molecule has 11 heavy (non-hydrogen) atoms. The van der Waals surface area contributed by atoms with E-state index >= 15 is 0 Å². The molecule has 0 aromatic rings. The average Bonchev–Trinajstić information content (AvgIpc) is 1.93. The van der Waals surface area contributed by atoms with Crippen molar-refractivity contribution in [2.24, 2.45) is 5.92 Å². The van der Waals surface area contributed by atoms with Gasteiger partial charge in [0.05, 0.1) is 13.2 Å². The van der Waals surface area contributed by atoms with Crippen LogP contribution in [-0.2, 0) is 4.74 Å². The number of rotatable bonds is 2. The van der Waals surface area contributed by atoms with Crippen LogP contribution in [-0.4, -0.2) is 37.2 Å². The van der Waals surface area contributed by atoms with Crippen molar-refractivity contribution in [1.29, 1.82) is 0 Å². The summed E-state index contributed by atoms with van der Waals surface area (Å²) in [7, 11) is 0. The van der Waals surface area contributed by atoms with E-state index in [9.17, 15) is 0 Å². The summed E-state index contributed by atoms with van der Waals surface area (Å²) in [6, 6.07) is 0.617. The smallest absolute Gasteiger partial charge is 0.0619 e. The highest BCUT2D eigenvalue weighted by atomic mass is 16.5. The van der Waals surface area contributed by atoms with Gasteiger partial charge in [-0.25, -0.2) is 0 Å². The molecule has 0 radical (unpaired) electrons. The Bertz CT molecular complexity index is 114. The third-order valence-corrected chi connectivity index (χ3v) is 2.10. The molecule has 0 saturated carbocycles. The Morgan fingerprint density at radius 1 is 1.55 bits per heavy atom. The Hall–Kier alpha value is -0.0800. The molecule has 0 spiro atoms. The van der Waals surface area contributed by atoms with Crippen molar-refractivity contribution in [3.05, 3.63) is 0 Å². The summed E-state index contributed by atoms with van der Waals surface area (Å²) in [5.41, 5.74) is 0. The van der Waals surface area contributed by atoms with Crippen LogP contribution in [0.2, 0.25) is 0 Å². The fraction of sp³-hybridized carbons (Fsp3) is 1.00. The van der Waals surface area contributed by atoms with Gasteiger partial charge in [0.15, 0.2) is 0 Å². The molecular formula is C9H19NO. The lowest BCUT2D eigenvalue weighted by Crippen LogP contribution is -2.45. The number of nitrogens with zero attached hydrogens (tertiary/aromatic N) is 1. The van der Waals surface area contributed by atoms with Crippen LogP contribution in [0.15, 0.2) is 0 Å². The predicted molar refractivity (Wildman–Crippen MR) is 46.7 cm³/mol. The normalized spacial score (nSPS) is 27.8. The number of morpholine rings is 1. The van der Waals surface area contributed by atoms with E-state index < -0.39 is 0 Å². The van der Waals surface area contributed by atoms with Gasteiger partial charge in [-0.15, -0.1) is 0 Å². The van der Waals surface area contributed by atoms with Crippen molar-refractivity contribution < 1.29 is 4.74 Å². The highest BCUT2D eigenvalue weighted by Crippen LogP contribution is 2.08. The van der Waals surface area contributed by atoms with Crippen molar-refractivity contribution in [1.82, 2.24) is 4.90 Å². The Morgan fingerprint density at radius 2 is 2.27 bits per heavy atom. The molecule has 1 aliphatic rings. The van der Waals surface area contributed by atoms with E-state index in [1.54, 1.807) is 0 Å². The van der Waals surface area contributed by atoms with Gasteiger partial charge in [0.1, 0.15) is 0 Å². The molecule has 2 heteroatoms. The summed E-state index contributed by atoms with van der Waals surface area (Å²) < 4.78 is 5.35. The summed E-state index contributed by atoms with van der Waals surface area (Å²) in [5, 5.41) is 0. The SMILES string of the molecule is CC(C)CN1CCOC[C@H]1C. The second-order valence-corrected chi connectivity index (χ2v) is 3.81. The summed E-state index contributed by atoms with van der Waals surface area (Å²) in [6.07, 6.45) is 0. The standard InChI is InChI=1S/C9H19NO/c1-8(2)6-10-4-5-11-7-9(10)3/h8-9H,4-7H2,1-3H3/t9-/m1/s1. The van der Waals surface area contributed by atoms with Crippen LogP contribution in [0.3, 0.4) is 0 Å². The zero-order valence-corrected chi connectivity index (χ0v) is 7.84. The van der Waals surface area contributed by atoms with Crippen LogP contribution >= 0.6 is 0 Å². The molecule has 0 unspecified atom stereocenters. The summed E-state index contributed by atoms with van der Waals surface area (Å²) in [6.45, 7) is 10.9. The second-order valence-electron chi connectivity index (χ2n) is 3.81. The van der Waals surface area contributed by atoms with Crippen molar-refractivity contribution >= 4 is 0 Å². The van der Waals surface area contributed by atoms with Crippen molar-refractivity contribution in [3.8, 4) is 0 Å². The summed E-state index contributed by atoms with van der Waals surface area (Å²) in [5.74, 6) is 0.774. The lowest BCUT2D eigenvalue weighted by molar-refractivity contribution is -0.00517. The van der Waals surface area contributed by atoms with Gasteiger partial charge in [-0.3, -0.25) is 4.90 Å². The Morgan fingerprint density at radius 3 is 2.82 bits per heavy atom. The summed E-state index contributed by atoms with van der Waals surface area (Å²) in [4.78, 5) is 2.51. The molecule has 66 valence electrons. The van der Waals surface area contributed by atoms with Crippen LogP contribution in [0.25, 0.3) is 0 Å². The first kappa shape index (κ1) is 9.01. The van der Waals surface area contributed by atoms with E-state index in [1.807, 2.05) is 0 Å². The quantitative estimate of drug-likeness (QED) is 0.600. The van der Waals surface area contributed by atoms with E-state index in [2.05, 4.69) is 25.7 Å². The Kier molecular flexibility index (Phi) is 3.34. The van der Waals surface area contributed by atoms with Crippen molar-refractivity contribution in [3.63, 3.8) is 0 Å². The molecule has 0 bridgehead atoms. The van der Waals surface area contributed by atoms with Gasteiger partial charge in [0.2, 0.25) is 0 Å². The van der Waals surface area contributed by atoms with Crippen LogP contribution in [0.1, 0.15) is 20.8 Å². The minimum Gasteiger partial charge on any atom is -0.379 e. The molecule has 0 aromatic carbocycles. The topological polar surface area (TPSA) is 12.5 Å². The van der Waals surface area contributed by atoms with Crippen LogP contribution in [0.5, 0.6) is 0 Å². The van der Waals surface area contributed by atoms with Gasteiger partial charge in [-0.2, -0.15) is 0 Å². The molecule has 1 saturated heterocycles.